The first-order chi connectivity index (χ1) is 7.32. The summed E-state index contributed by atoms with van der Waals surface area (Å²) in [5.74, 6) is 0.0741. The molecule has 1 N–H and O–H groups in total. The minimum absolute atomic E-state index is 0.0741. The van der Waals surface area contributed by atoms with Crippen molar-refractivity contribution in [1.82, 2.24) is 4.90 Å². The zero-order valence-electron chi connectivity index (χ0n) is 10.2. The molecule has 0 spiro atoms. The fourth-order valence-electron chi connectivity index (χ4n) is 1.63. The summed E-state index contributed by atoms with van der Waals surface area (Å²) in [7, 11) is -1.26. The molecule has 0 aromatic rings. The van der Waals surface area contributed by atoms with Crippen molar-refractivity contribution < 1.29 is 9.90 Å². The molecule has 0 bridgehead atoms. The van der Waals surface area contributed by atoms with Gasteiger partial charge in [0.1, 0.15) is 6.23 Å². The maximum absolute atomic E-state index is 11.4. The highest BCUT2D eigenvalue weighted by Gasteiger charge is 2.28. The van der Waals surface area contributed by atoms with Gasteiger partial charge < -0.3 is 10.0 Å². The second-order valence-corrected chi connectivity index (χ2v) is 11.8. The summed E-state index contributed by atoms with van der Waals surface area (Å²) in [5.41, 5.74) is 0. The standard InChI is InChI=1S/C11H20BrNO2Si/c1-16(2,3)9(12)5-4-8-13-10(14)6-7-11(13)15/h5,10,14H,4,6-8H2,1-3H3. The van der Waals surface area contributed by atoms with Gasteiger partial charge in [0.2, 0.25) is 5.91 Å². The van der Waals surface area contributed by atoms with Crippen LogP contribution in [0, 0.1) is 0 Å². The molecule has 0 radical (unpaired) electrons. The normalized spacial score (nSPS) is 23.1. The predicted molar refractivity (Wildman–Crippen MR) is 71.9 cm³/mol. The van der Waals surface area contributed by atoms with Crippen molar-refractivity contribution in [3.63, 3.8) is 0 Å². The lowest BCUT2D eigenvalue weighted by molar-refractivity contribution is -0.133. The van der Waals surface area contributed by atoms with E-state index in [1.807, 2.05) is 0 Å². The van der Waals surface area contributed by atoms with Gasteiger partial charge in [-0.25, -0.2) is 0 Å². The maximum Gasteiger partial charge on any atom is 0.224 e. The van der Waals surface area contributed by atoms with E-state index in [-0.39, 0.29) is 5.91 Å². The van der Waals surface area contributed by atoms with Crippen molar-refractivity contribution in [1.29, 1.82) is 0 Å². The largest absolute Gasteiger partial charge is 0.374 e. The Labute approximate surface area is 107 Å². The monoisotopic (exact) mass is 305 g/mol. The molecule has 1 saturated heterocycles. The lowest BCUT2D eigenvalue weighted by Gasteiger charge is -2.20. The van der Waals surface area contributed by atoms with Crippen LogP contribution in [0.4, 0.5) is 0 Å². The van der Waals surface area contributed by atoms with Gasteiger partial charge in [-0.1, -0.05) is 41.6 Å². The molecule has 0 aromatic heterocycles. The first kappa shape index (κ1) is 13.9. The molecule has 5 heteroatoms. The van der Waals surface area contributed by atoms with Crippen LogP contribution in [0.5, 0.6) is 0 Å². The Morgan fingerprint density at radius 3 is 2.69 bits per heavy atom. The smallest absolute Gasteiger partial charge is 0.224 e. The predicted octanol–water partition coefficient (Wildman–Crippen LogP) is 2.47. The first-order valence-electron chi connectivity index (χ1n) is 5.66. The van der Waals surface area contributed by atoms with Crippen molar-refractivity contribution in [2.75, 3.05) is 6.54 Å². The number of likely N-dealkylation sites (tertiary alicyclic amines) is 1. The fourth-order valence-corrected chi connectivity index (χ4v) is 2.61. The second-order valence-electron chi connectivity index (χ2n) is 5.20. The van der Waals surface area contributed by atoms with Crippen LogP contribution in [0.1, 0.15) is 19.3 Å². The van der Waals surface area contributed by atoms with Gasteiger partial charge in [-0.3, -0.25) is 4.79 Å². The number of hydrogen-bond acceptors (Lipinski definition) is 2. The molecule has 1 atom stereocenters. The van der Waals surface area contributed by atoms with Crippen LogP contribution in [-0.4, -0.2) is 36.8 Å². The molecule has 1 heterocycles. The van der Waals surface area contributed by atoms with E-state index in [0.717, 1.165) is 6.42 Å². The first-order valence-corrected chi connectivity index (χ1v) is 9.95. The van der Waals surface area contributed by atoms with Gasteiger partial charge in [-0.2, -0.15) is 0 Å². The SMILES string of the molecule is C[Si](C)(C)C(Br)=CCCN1C(=O)CCC1O. The molecular weight excluding hydrogens is 286 g/mol. The highest BCUT2D eigenvalue weighted by atomic mass is 79.9. The van der Waals surface area contributed by atoms with Gasteiger partial charge in [0, 0.05) is 19.4 Å². The molecule has 1 aliphatic rings. The van der Waals surface area contributed by atoms with Crippen molar-refractivity contribution >= 4 is 29.9 Å². The molecule has 1 rings (SSSR count). The van der Waals surface area contributed by atoms with E-state index >= 15 is 0 Å². The number of rotatable bonds is 4. The third kappa shape index (κ3) is 3.71. The quantitative estimate of drug-likeness (QED) is 0.811. The molecule has 1 fully saturated rings. The lowest BCUT2D eigenvalue weighted by atomic mass is 10.3. The molecule has 0 saturated carbocycles. The molecule has 0 aliphatic carbocycles. The third-order valence-corrected chi connectivity index (χ3v) is 8.24. The van der Waals surface area contributed by atoms with Gasteiger partial charge in [-0.05, 0) is 10.5 Å². The maximum atomic E-state index is 11.4. The number of carbonyl (C=O) groups excluding carboxylic acids is 1. The van der Waals surface area contributed by atoms with Crippen LogP contribution in [0.2, 0.25) is 19.6 Å². The second kappa shape index (κ2) is 5.47. The van der Waals surface area contributed by atoms with Gasteiger partial charge in [0.25, 0.3) is 0 Å². The Balaban J connectivity index is 2.44. The molecule has 1 amide bonds. The summed E-state index contributed by atoms with van der Waals surface area (Å²) in [6.07, 6.45) is 3.46. The minimum atomic E-state index is -1.26. The van der Waals surface area contributed by atoms with Crippen LogP contribution in [0.25, 0.3) is 0 Å². The highest BCUT2D eigenvalue weighted by Crippen LogP contribution is 2.22. The number of hydrogen-bond donors (Lipinski definition) is 1. The number of halogens is 1. The summed E-state index contributed by atoms with van der Waals surface area (Å²) >= 11 is 3.60. The van der Waals surface area contributed by atoms with Crippen LogP contribution in [0.15, 0.2) is 10.2 Å². The Kier molecular flexibility index (Phi) is 4.76. The van der Waals surface area contributed by atoms with E-state index < -0.39 is 14.3 Å². The Bertz CT molecular complexity index is 299. The summed E-state index contributed by atoms with van der Waals surface area (Å²) in [6, 6.07) is 0. The van der Waals surface area contributed by atoms with Crippen LogP contribution < -0.4 is 0 Å². The van der Waals surface area contributed by atoms with E-state index in [4.69, 9.17) is 0 Å². The average Bonchev–Trinajstić information content (AvgIpc) is 2.47. The zero-order valence-corrected chi connectivity index (χ0v) is 12.7. The topological polar surface area (TPSA) is 40.5 Å². The molecular formula is C11H20BrNO2Si. The summed E-state index contributed by atoms with van der Waals surface area (Å²) < 4.78 is 1.28. The van der Waals surface area contributed by atoms with E-state index in [1.165, 1.54) is 4.11 Å². The number of aliphatic hydroxyl groups is 1. The molecule has 1 aliphatic heterocycles. The minimum Gasteiger partial charge on any atom is -0.374 e. The van der Waals surface area contributed by atoms with E-state index in [0.29, 0.717) is 19.4 Å². The molecule has 3 nitrogen and oxygen atoms in total. The number of amides is 1. The Morgan fingerprint density at radius 2 is 2.25 bits per heavy atom. The van der Waals surface area contributed by atoms with E-state index in [9.17, 15) is 9.90 Å². The third-order valence-electron chi connectivity index (χ3n) is 2.71. The Morgan fingerprint density at radius 1 is 1.62 bits per heavy atom. The van der Waals surface area contributed by atoms with Crippen molar-refractivity contribution in [3.8, 4) is 0 Å². The molecule has 1 unspecified atom stereocenters. The average molecular weight is 306 g/mol. The summed E-state index contributed by atoms with van der Waals surface area (Å²) in [6.45, 7) is 7.43. The molecule has 16 heavy (non-hydrogen) atoms. The molecule has 0 aromatic carbocycles. The lowest BCUT2D eigenvalue weighted by Crippen LogP contribution is -2.33. The van der Waals surface area contributed by atoms with Gasteiger partial charge in [-0.15, -0.1) is 0 Å². The van der Waals surface area contributed by atoms with Crippen molar-refractivity contribution in [2.45, 2.75) is 45.1 Å². The van der Waals surface area contributed by atoms with Gasteiger partial charge in [0.05, 0.1) is 8.07 Å². The van der Waals surface area contributed by atoms with Crippen LogP contribution >= 0.6 is 15.9 Å². The van der Waals surface area contributed by atoms with E-state index in [1.54, 1.807) is 4.90 Å². The van der Waals surface area contributed by atoms with Gasteiger partial charge >= 0.3 is 0 Å². The van der Waals surface area contributed by atoms with Crippen LogP contribution in [-0.2, 0) is 4.79 Å². The summed E-state index contributed by atoms with van der Waals surface area (Å²) in [5, 5.41) is 9.57. The van der Waals surface area contributed by atoms with Crippen LogP contribution in [0.3, 0.4) is 0 Å². The van der Waals surface area contributed by atoms with Crippen molar-refractivity contribution in [2.24, 2.45) is 0 Å². The number of nitrogens with zero attached hydrogens (tertiary/aromatic N) is 1. The number of carbonyl (C=O) groups is 1. The highest BCUT2D eigenvalue weighted by molar-refractivity contribution is 9.12. The Hall–Kier alpha value is -0.133. The fraction of sp³-hybridized carbons (Fsp3) is 0.727. The van der Waals surface area contributed by atoms with Gasteiger partial charge in [0.15, 0.2) is 0 Å². The summed E-state index contributed by atoms with van der Waals surface area (Å²) in [4.78, 5) is 13.0. The molecule has 92 valence electrons. The zero-order chi connectivity index (χ0) is 12.3. The van der Waals surface area contributed by atoms with E-state index in [2.05, 4.69) is 41.6 Å². The number of aliphatic hydroxyl groups excluding tert-OH is 1. The van der Waals surface area contributed by atoms with Crippen molar-refractivity contribution in [3.05, 3.63) is 10.2 Å².